The summed E-state index contributed by atoms with van der Waals surface area (Å²) in [4.78, 5) is 0. The van der Waals surface area contributed by atoms with Gasteiger partial charge in [0.05, 0.1) is 15.9 Å². The summed E-state index contributed by atoms with van der Waals surface area (Å²) in [5.41, 5.74) is 0. The zero-order chi connectivity index (χ0) is 16.8. The Bertz CT molecular complexity index is 438. The van der Waals surface area contributed by atoms with E-state index in [1.807, 2.05) is 39.3 Å². The maximum atomic E-state index is 11.9. The number of rotatable bonds is 6. The molecule has 0 aromatic rings. The summed E-state index contributed by atoms with van der Waals surface area (Å²) in [6.45, 7) is 12.2. The molecule has 0 N–H and O–H groups in total. The molecular weight excluding hydrogens is 394 g/mol. The second kappa shape index (κ2) is 12.0. The number of hydrogen-bond acceptors (Lipinski definition) is 5. The first kappa shape index (κ1) is 31.4. The molecule has 22 heavy (non-hydrogen) atoms. The maximum Gasteiger partial charge on any atom is 1.00 e. The summed E-state index contributed by atoms with van der Waals surface area (Å²) in [7, 11) is -10.9. The van der Waals surface area contributed by atoms with E-state index < -0.39 is 36.5 Å². The van der Waals surface area contributed by atoms with Gasteiger partial charge >= 0.3 is 39.8 Å². The molecule has 0 bridgehead atoms. The average molecular weight is 423 g/mol. The molecule has 0 atom stereocenters. The average Bonchev–Trinajstić information content (AvgIpc) is 2.09. The third-order valence-electron chi connectivity index (χ3n) is 2.20. The van der Waals surface area contributed by atoms with Crippen molar-refractivity contribution in [3.05, 3.63) is 0 Å². The van der Waals surface area contributed by atoms with Crippen molar-refractivity contribution in [3.8, 4) is 0 Å². The first-order valence-corrected chi connectivity index (χ1v) is 16.8. The van der Waals surface area contributed by atoms with Crippen molar-refractivity contribution in [2.45, 2.75) is 51.4 Å². The first-order chi connectivity index (χ1) is 8.41. The van der Waals surface area contributed by atoms with Gasteiger partial charge in [-0.1, -0.05) is 39.3 Å². The van der Waals surface area contributed by atoms with Crippen LogP contribution in [0.15, 0.2) is 0 Å². The third-order valence-corrected chi connectivity index (χ3v) is 7.82. The molecule has 5 nitrogen and oxygen atoms in total. The Hall–Kier alpha value is 1.57. The SMILES string of the molecule is C[Si](C)(C)CCS(=O)(=O)F.C[Si](C)(C)CCS(=O)(=O)[O-].S.[Na+]. The molecule has 0 aliphatic heterocycles. The van der Waals surface area contributed by atoms with Gasteiger partial charge in [0.2, 0.25) is 0 Å². The van der Waals surface area contributed by atoms with E-state index in [4.69, 9.17) is 0 Å². The van der Waals surface area contributed by atoms with E-state index in [0.29, 0.717) is 12.1 Å². The smallest absolute Gasteiger partial charge is 0.748 e. The van der Waals surface area contributed by atoms with Crippen molar-refractivity contribution in [2.24, 2.45) is 0 Å². The van der Waals surface area contributed by atoms with Crippen LogP contribution in [0, 0.1) is 0 Å². The van der Waals surface area contributed by atoms with Crippen LogP contribution < -0.4 is 29.6 Å². The molecule has 0 aliphatic rings. The number of halogens is 1. The molecule has 0 fully saturated rings. The second-order valence-electron chi connectivity index (χ2n) is 7.13. The molecule has 0 aromatic heterocycles. The van der Waals surface area contributed by atoms with Gasteiger partial charge in [-0.25, -0.2) is 8.42 Å². The van der Waals surface area contributed by atoms with Gasteiger partial charge in [0.25, 0.3) is 0 Å². The Kier molecular flexibility index (Phi) is 17.1. The fraction of sp³-hybridized carbons (Fsp3) is 1.00. The van der Waals surface area contributed by atoms with Gasteiger partial charge in [-0.3, -0.25) is 0 Å². The zero-order valence-electron chi connectivity index (χ0n) is 14.6. The Morgan fingerprint density at radius 2 is 1.09 bits per heavy atom. The topological polar surface area (TPSA) is 91.3 Å². The van der Waals surface area contributed by atoms with Crippen LogP contribution in [0.3, 0.4) is 0 Å². The molecule has 0 heterocycles. The molecule has 0 amide bonds. The Morgan fingerprint density at radius 1 is 0.818 bits per heavy atom. The Labute approximate surface area is 166 Å². The zero-order valence-corrected chi connectivity index (χ0v) is 21.2. The van der Waals surface area contributed by atoms with Crippen LogP contribution in [0.2, 0.25) is 51.4 Å². The minimum atomic E-state index is -4.22. The van der Waals surface area contributed by atoms with Crippen molar-refractivity contribution in [2.75, 3.05) is 11.5 Å². The minimum absolute atomic E-state index is 0. The summed E-state index contributed by atoms with van der Waals surface area (Å²) in [5.74, 6) is -0.495. The van der Waals surface area contributed by atoms with E-state index in [9.17, 15) is 25.3 Å². The summed E-state index contributed by atoms with van der Waals surface area (Å²) >= 11 is 0. The maximum absolute atomic E-state index is 11.9. The van der Waals surface area contributed by atoms with Gasteiger partial charge in [-0.2, -0.15) is 21.9 Å². The van der Waals surface area contributed by atoms with Crippen LogP contribution in [0.1, 0.15) is 0 Å². The molecule has 0 aromatic carbocycles. The second-order valence-corrected chi connectivity index (χ2v) is 21.4. The standard InChI is InChI=1S/C5H13FO2SSi.C5H14O3SSi.Na.H2S/c2*1-10(2,3)5-4-9(6,7)8;;/h4-5H2,1-3H3;4-5H2,1-3H3,(H,6,7,8);;1H2/q;;+1;/p-1. The molecule has 132 valence electrons. The van der Waals surface area contributed by atoms with Crippen molar-refractivity contribution in [1.82, 2.24) is 0 Å². The molecular formula is C10H28FNaO5S3Si2. The van der Waals surface area contributed by atoms with Gasteiger partial charge in [0.1, 0.15) is 0 Å². The van der Waals surface area contributed by atoms with Gasteiger partial charge < -0.3 is 4.55 Å². The van der Waals surface area contributed by atoms with Crippen LogP contribution in [-0.2, 0) is 20.3 Å². The predicted molar refractivity (Wildman–Crippen MR) is 96.1 cm³/mol. The van der Waals surface area contributed by atoms with Crippen molar-refractivity contribution in [3.63, 3.8) is 0 Å². The van der Waals surface area contributed by atoms with Crippen molar-refractivity contribution in [1.29, 1.82) is 0 Å². The van der Waals surface area contributed by atoms with E-state index in [2.05, 4.69) is 0 Å². The molecule has 0 aliphatic carbocycles. The predicted octanol–water partition coefficient (Wildman–Crippen LogP) is -0.389. The largest absolute Gasteiger partial charge is 1.00 e. The van der Waals surface area contributed by atoms with Crippen molar-refractivity contribution < 1.29 is 54.8 Å². The summed E-state index contributed by atoms with van der Waals surface area (Å²) in [6, 6.07) is 1.07. The van der Waals surface area contributed by atoms with E-state index in [1.54, 1.807) is 0 Å². The summed E-state index contributed by atoms with van der Waals surface area (Å²) < 4.78 is 62.4. The minimum Gasteiger partial charge on any atom is -0.748 e. The first-order valence-electron chi connectivity index (χ1n) is 6.27. The Balaban J connectivity index is -0.000000135. The van der Waals surface area contributed by atoms with Crippen LogP contribution in [0.4, 0.5) is 3.89 Å². The Morgan fingerprint density at radius 3 is 1.18 bits per heavy atom. The van der Waals surface area contributed by atoms with Crippen LogP contribution in [0.5, 0.6) is 0 Å². The third kappa shape index (κ3) is 37.7. The van der Waals surface area contributed by atoms with Gasteiger partial charge in [-0.15, -0.1) is 3.89 Å². The van der Waals surface area contributed by atoms with Gasteiger partial charge in [-0.05, 0) is 12.1 Å². The molecule has 12 heteroatoms. The van der Waals surface area contributed by atoms with E-state index in [-0.39, 0.29) is 54.6 Å². The molecule has 0 spiro atoms. The number of hydrogen-bond donors (Lipinski definition) is 0. The van der Waals surface area contributed by atoms with Crippen LogP contribution >= 0.6 is 13.5 Å². The molecule has 0 saturated heterocycles. The quantitative estimate of drug-likeness (QED) is 0.330. The van der Waals surface area contributed by atoms with Gasteiger partial charge in [0, 0.05) is 21.9 Å². The van der Waals surface area contributed by atoms with Crippen LogP contribution in [-0.4, -0.2) is 49.0 Å². The molecule has 0 unspecified atom stereocenters. The van der Waals surface area contributed by atoms with E-state index in [0.717, 1.165) is 0 Å². The van der Waals surface area contributed by atoms with Crippen LogP contribution in [0.25, 0.3) is 0 Å². The van der Waals surface area contributed by atoms with Crippen molar-refractivity contribution >= 4 is 50.0 Å². The summed E-state index contributed by atoms with van der Waals surface area (Å²) in [5, 5.41) is 0. The molecule has 0 radical (unpaired) electrons. The summed E-state index contributed by atoms with van der Waals surface area (Å²) in [6.07, 6.45) is 0. The molecule has 0 rings (SSSR count). The molecule has 0 saturated carbocycles. The van der Waals surface area contributed by atoms with Gasteiger partial charge in [0.15, 0.2) is 0 Å². The van der Waals surface area contributed by atoms with E-state index >= 15 is 0 Å². The van der Waals surface area contributed by atoms with E-state index in [1.165, 1.54) is 0 Å². The fourth-order valence-corrected chi connectivity index (χ4v) is 7.73. The fourth-order valence-electron chi connectivity index (χ4n) is 0.859. The normalized spacial score (nSPS) is 12.4. The monoisotopic (exact) mass is 422 g/mol.